The van der Waals surface area contributed by atoms with Crippen molar-refractivity contribution in [1.82, 2.24) is 9.97 Å². The van der Waals surface area contributed by atoms with E-state index < -0.39 is 0 Å². The molecule has 0 saturated carbocycles. The molecule has 2 nitrogen and oxygen atoms in total. The number of aromatic nitrogens is 2. The summed E-state index contributed by atoms with van der Waals surface area (Å²) in [5.41, 5.74) is 14.4. The standard InChI is InChI=1S/C44H30N2/c1-3-9-31(10-4-1)33-19-23-37(24-20-33)43-28-40(29-44(46-43)38-25-21-34(22-26-38)32-11-5-2-6-12-32)35-15-17-36(18-16-35)41-27-39-13-7-8-14-42(39)45-30-41/h1-30H. The molecule has 0 N–H and O–H groups in total. The summed E-state index contributed by atoms with van der Waals surface area (Å²) in [4.78, 5) is 9.86. The first-order valence-electron chi connectivity index (χ1n) is 15.6. The molecular weight excluding hydrogens is 556 g/mol. The minimum atomic E-state index is 0.946. The molecule has 0 radical (unpaired) electrons. The summed E-state index contributed by atoms with van der Waals surface area (Å²) < 4.78 is 0. The largest absolute Gasteiger partial charge is 0.256 e. The Kier molecular flexibility index (Phi) is 7.22. The van der Waals surface area contributed by atoms with Crippen molar-refractivity contribution in [3.8, 4) is 67.0 Å². The van der Waals surface area contributed by atoms with Crippen molar-refractivity contribution in [2.45, 2.75) is 0 Å². The Hall–Kier alpha value is -6.12. The third-order valence-corrected chi connectivity index (χ3v) is 8.54. The van der Waals surface area contributed by atoms with E-state index in [1.165, 1.54) is 22.3 Å². The molecule has 0 aliphatic rings. The molecule has 8 aromatic rings. The van der Waals surface area contributed by atoms with E-state index in [1.54, 1.807) is 0 Å². The van der Waals surface area contributed by atoms with E-state index in [-0.39, 0.29) is 0 Å². The maximum Gasteiger partial charge on any atom is 0.0715 e. The molecular formula is C44H30N2. The van der Waals surface area contributed by atoms with Crippen LogP contribution in [0.15, 0.2) is 182 Å². The van der Waals surface area contributed by atoms with Crippen molar-refractivity contribution >= 4 is 10.9 Å². The molecule has 0 amide bonds. The van der Waals surface area contributed by atoms with Crippen LogP contribution < -0.4 is 0 Å². The van der Waals surface area contributed by atoms with Gasteiger partial charge in [-0.3, -0.25) is 4.98 Å². The van der Waals surface area contributed by atoms with E-state index in [1.807, 2.05) is 30.5 Å². The fraction of sp³-hybridized carbons (Fsp3) is 0. The van der Waals surface area contributed by atoms with Gasteiger partial charge >= 0.3 is 0 Å². The average Bonchev–Trinajstić information content (AvgIpc) is 3.15. The zero-order valence-electron chi connectivity index (χ0n) is 25.2. The fourth-order valence-corrected chi connectivity index (χ4v) is 6.01. The summed E-state index contributed by atoms with van der Waals surface area (Å²) in [5.74, 6) is 0. The second kappa shape index (κ2) is 12.1. The highest BCUT2D eigenvalue weighted by Crippen LogP contribution is 2.33. The first-order valence-corrected chi connectivity index (χ1v) is 15.6. The molecule has 0 atom stereocenters. The van der Waals surface area contributed by atoms with Gasteiger partial charge in [-0.1, -0.05) is 152 Å². The molecule has 0 bridgehead atoms. The summed E-state index contributed by atoms with van der Waals surface area (Å²) in [7, 11) is 0. The number of hydrogen-bond donors (Lipinski definition) is 0. The molecule has 2 heteroatoms. The highest BCUT2D eigenvalue weighted by molar-refractivity contribution is 5.84. The van der Waals surface area contributed by atoms with Crippen LogP contribution in [0.2, 0.25) is 0 Å². The number of pyridine rings is 2. The van der Waals surface area contributed by atoms with Crippen molar-refractivity contribution in [2.75, 3.05) is 0 Å². The summed E-state index contributed by atoms with van der Waals surface area (Å²) in [5, 5.41) is 1.14. The maximum absolute atomic E-state index is 5.19. The fourth-order valence-electron chi connectivity index (χ4n) is 6.01. The highest BCUT2D eigenvalue weighted by atomic mass is 14.7. The Morgan fingerprint density at radius 3 is 1.20 bits per heavy atom. The monoisotopic (exact) mass is 586 g/mol. The SMILES string of the molecule is c1ccc(-c2ccc(-c3cc(-c4ccc(-c5cnc6ccccc6c5)cc4)cc(-c4ccc(-c5ccccc5)cc4)n3)cc2)cc1. The van der Waals surface area contributed by atoms with E-state index in [4.69, 9.17) is 4.98 Å². The molecule has 6 aromatic carbocycles. The topological polar surface area (TPSA) is 25.8 Å². The third-order valence-electron chi connectivity index (χ3n) is 8.54. The van der Waals surface area contributed by atoms with Crippen molar-refractivity contribution in [2.24, 2.45) is 0 Å². The summed E-state index contributed by atoms with van der Waals surface area (Å²) in [6.07, 6.45) is 1.96. The molecule has 2 aromatic heterocycles. The van der Waals surface area contributed by atoms with Crippen LogP contribution in [-0.4, -0.2) is 9.97 Å². The Bertz CT molecular complexity index is 2150. The molecule has 0 unspecified atom stereocenters. The van der Waals surface area contributed by atoms with Gasteiger partial charge in [-0.25, -0.2) is 4.98 Å². The van der Waals surface area contributed by atoms with Gasteiger partial charge in [0.15, 0.2) is 0 Å². The van der Waals surface area contributed by atoms with Crippen LogP contribution in [0.1, 0.15) is 0 Å². The van der Waals surface area contributed by atoms with Crippen LogP contribution >= 0.6 is 0 Å². The van der Waals surface area contributed by atoms with Crippen LogP contribution in [0.25, 0.3) is 77.9 Å². The zero-order valence-corrected chi connectivity index (χ0v) is 25.2. The van der Waals surface area contributed by atoms with Gasteiger partial charge in [0.1, 0.15) is 0 Å². The Labute approximate surface area is 269 Å². The lowest BCUT2D eigenvalue weighted by molar-refractivity contribution is 1.32. The van der Waals surface area contributed by atoms with Crippen LogP contribution in [0, 0.1) is 0 Å². The minimum Gasteiger partial charge on any atom is -0.256 e. The lowest BCUT2D eigenvalue weighted by Crippen LogP contribution is -1.92. The molecule has 0 aliphatic heterocycles. The van der Waals surface area contributed by atoms with Crippen molar-refractivity contribution in [3.05, 3.63) is 182 Å². The first kappa shape index (κ1) is 27.4. The summed E-state index contributed by atoms with van der Waals surface area (Å²) in [6.45, 7) is 0. The van der Waals surface area contributed by atoms with Crippen LogP contribution in [0.4, 0.5) is 0 Å². The Morgan fingerprint density at radius 2 is 0.674 bits per heavy atom. The number of fused-ring (bicyclic) bond motifs is 1. The first-order chi connectivity index (χ1) is 22.8. The van der Waals surface area contributed by atoms with Gasteiger partial charge in [-0.05, 0) is 63.2 Å². The summed E-state index contributed by atoms with van der Waals surface area (Å²) in [6, 6.07) is 62.0. The number of nitrogens with zero attached hydrogens (tertiary/aromatic N) is 2. The quantitative estimate of drug-likeness (QED) is 0.194. The maximum atomic E-state index is 5.19. The van der Waals surface area contributed by atoms with E-state index in [9.17, 15) is 0 Å². The van der Waals surface area contributed by atoms with Gasteiger partial charge in [0.05, 0.1) is 16.9 Å². The molecule has 0 spiro atoms. The molecule has 8 rings (SSSR count). The third kappa shape index (κ3) is 5.60. The molecule has 0 aliphatic carbocycles. The average molecular weight is 587 g/mol. The smallest absolute Gasteiger partial charge is 0.0715 e. The molecule has 216 valence electrons. The van der Waals surface area contributed by atoms with Gasteiger partial charge in [0.2, 0.25) is 0 Å². The Balaban J connectivity index is 1.18. The number of para-hydroxylation sites is 1. The van der Waals surface area contributed by atoms with Crippen molar-refractivity contribution in [3.63, 3.8) is 0 Å². The van der Waals surface area contributed by atoms with Crippen molar-refractivity contribution < 1.29 is 0 Å². The number of hydrogen-bond acceptors (Lipinski definition) is 2. The van der Waals surface area contributed by atoms with Gasteiger partial charge in [-0.15, -0.1) is 0 Å². The van der Waals surface area contributed by atoms with Gasteiger partial charge in [0.25, 0.3) is 0 Å². The van der Waals surface area contributed by atoms with E-state index in [2.05, 4.69) is 157 Å². The lowest BCUT2D eigenvalue weighted by Gasteiger charge is -2.12. The zero-order chi connectivity index (χ0) is 30.7. The molecule has 46 heavy (non-hydrogen) atoms. The van der Waals surface area contributed by atoms with Gasteiger partial charge < -0.3 is 0 Å². The lowest BCUT2D eigenvalue weighted by atomic mass is 9.96. The number of rotatable bonds is 6. The van der Waals surface area contributed by atoms with Crippen LogP contribution in [0.3, 0.4) is 0 Å². The highest BCUT2D eigenvalue weighted by Gasteiger charge is 2.11. The Morgan fingerprint density at radius 1 is 0.283 bits per heavy atom. The van der Waals surface area contributed by atoms with Gasteiger partial charge in [-0.2, -0.15) is 0 Å². The second-order valence-corrected chi connectivity index (χ2v) is 11.5. The number of benzene rings is 6. The normalized spacial score (nSPS) is 11.0. The predicted molar refractivity (Wildman–Crippen MR) is 192 cm³/mol. The van der Waals surface area contributed by atoms with E-state index >= 15 is 0 Å². The predicted octanol–water partition coefficient (Wildman–Crippen LogP) is 11.6. The van der Waals surface area contributed by atoms with Crippen molar-refractivity contribution in [1.29, 1.82) is 0 Å². The van der Waals surface area contributed by atoms with Crippen LogP contribution in [-0.2, 0) is 0 Å². The van der Waals surface area contributed by atoms with Crippen LogP contribution in [0.5, 0.6) is 0 Å². The van der Waals surface area contributed by atoms with E-state index in [0.717, 1.165) is 55.7 Å². The van der Waals surface area contributed by atoms with Gasteiger partial charge in [0, 0.05) is 28.3 Å². The van der Waals surface area contributed by atoms with E-state index in [0.29, 0.717) is 0 Å². The molecule has 0 fully saturated rings. The minimum absolute atomic E-state index is 0.946. The molecule has 2 heterocycles. The second-order valence-electron chi connectivity index (χ2n) is 11.5. The molecule has 0 saturated heterocycles. The summed E-state index contributed by atoms with van der Waals surface area (Å²) >= 11 is 0.